The number of carbonyl (C=O) groups excluding carboxylic acids is 1. The highest BCUT2D eigenvalue weighted by atomic mass is 32.1. The summed E-state index contributed by atoms with van der Waals surface area (Å²) < 4.78 is 5.18. The van der Waals surface area contributed by atoms with Crippen molar-refractivity contribution in [1.29, 1.82) is 0 Å². The van der Waals surface area contributed by atoms with Crippen LogP contribution >= 0.6 is 11.3 Å². The first kappa shape index (κ1) is 14.0. The molecule has 2 heterocycles. The van der Waals surface area contributed by atoms with Crippen molar-refractivity contribution in [2.45, 2.75) is 31.9 Å². The number of likely N-dealkylation sites (tertiary alicyclic amines) is 1. The van der Waals surface area contributed by atoms with Crippen LogP contribution in [0.1, 0.15) is 27.9 Å². The van der Waals surface area contributed by atoms with Gasteiger partial charge in [0.15, 0.2) is 0 Å². The average molecular weight is 283 g/mol. The number of nitrogens with zero attached hydrogens (tertiary/aromatic N) is 1. The van der Waals surface area contributed by atoms with E-state index in [1.807, 2.05) is 13.0 Å². The summed E-state index contributed by atoms with van der Waals surface area (Å²) in [5.41, 5.74) is 0. The largest absolute Gasteiger partial charge is 0.480 e. The minimum Gasteiger partial charge on any atom is -0.480 e. The molecule has 2 rings (SSSR count). The van der Waals surface area contributed by atoms with Crippen molar-refractivity contribution in [3.8, 4) is 0 Å². The number of thiophene rings is 1. The lowest BCUT2D eigenvalue weighted by Crippen LogP contribution is -2.40. The predicted octanol–water partition coefficient (Wildman–Crippen LogP) is 1.62. The van der Waals surface area contributed by atoms with Crippen molar-refractivity contribution in [3.05, 3.63) is 21.9 Å². The molecule has 104 valence electrons. The molecule has 1 aliphatic heterocycles. The number of ether oxygens (including phenoxy) is 1. The maximum absolute atomic E-state index is 12.4. The monoisotopic (exact) mass is 283 g/mol. The van der Waals surface area contributed by atoms with E-state index < -0.39 is 12.0 Å². The number of carboxylic acid groups (broad SMARTS) is 1. The first-order valence-electron chi connectivity index (χ1n) is 6.22. The van der Waals surface area contributed by atoms with Crippen molar-refractivity contribution >= 4 is 23.2 Å². The first-order valence-corrected chi connectivity index (χ1v) is 7.03. The average Bonchev–Trinajstić information content (AvgIpc) is 3.04. The summed E-state index contributed by atoms with van der Waals surface area (Å²) in [6.07, 6.45) is 1.03. The molecule has 19 heavy (non-hydrogen) atoms. The van der Waals surface area contributed by atoms with Gasteiger partial charge in [-0.2, -0.15) is 0 Å². The predicted molar refractivity (Wildman–Crippen MR) is 71.6 cm³/mol. The Morgan fingerprint density at radius 2 is 2.26 bits per heavy atom. The fourth-order valence-electron chi connectivity index (χ4n) is 2.25. The van der Waals surface area contributed by atoms with E-state index in [4.69, 9.17) is 4.74 Å². The van der Waals surface area contributed by atoms with Gasteiger partial charge < -0.3 is 14.7 Å². The maximum atomic E-state index is 12.4. The van der Waals surface area contributed by atoms with Crippen LogP contribution in [0.2, 0.25) is 0 Å². The molecule has 1 N–H and O–H groups in total. The standard InChI is InChI=1S/C13H17NO4S/c1-3-9-4-5-11(19-9)12(15)14-7-8(18-2)6-10(14)13(16)17/h4-5,8,10H,3,6-7H2,1-2H3,(H,16,17). The molecule has 1 aromatic heterocycles. The number of aliphatic carboxylic acids is 1. The Balaban J connectivity index is 2.18. The first-order chi connectivity index (χ1) is 9.06. The molecule has 2 atom stereocenters. The molecule has 0 aliphatic carbocycles. The third-order valence-corrected chi connectivity index (χ3v) is 4.58. The summed E-state index contributed by atoms with van der Waals surface area (Å²) in [4.78, 5) is 26.7. The van der Waals surface area contributed by atoms with Gasteiger partial charge in [0, 0.05) is 25.0 Å². The Bertz CT molecular complexity index is 485. The molecule has 0 radical (unpaired) electrons. The van der Waals surface area contributed by atoms with Gasteiger partial charge in [0.1, 0.15) is 6.04 Å². The van der Waals surface area contributed by atoms with Crippen molar-refractivity contribution < 1.29 is 19.4 Å². The molecule has 1 aliphatic rings. The lowest BCUT2D eigenvalue weighted by Gasteiger charge is -2.20. The zero-order chi connectivity index (χ0) is 14.0. The van der Waals surface area contributed by atoms with Gasteiger partial charge in [-0.1, -0.05) is 6.92 Å². The number of hydrogen-bond donors (Lipinski definition) is 1. The highest BCUT2D eigenvalue weighted by Gasteiger charge is 2.40. The normalized spacial score (nSPS) is 22.7. The van der Waals surface area contributed by atoms with E-state index >= 15 is 0 Å². The number of rotatable bonds is 4. The Morgan fingerprint density at radius 3 is 2.79 bits per heavy atom. The summed E-state index contributed by atoms with van der Waals surface area (Å²) >= 11 is 1.43. The molecule has 2 unspecified atom stereocenters. The van der Waals surface area contributed by atoms with Crippen LogP contribution in [-0.2, 0) is 16.0 Å². The second-order valence-corrected chi connectivity index (χ2v) is 5.69. The van der Waals surface area contributed by atoms with Gasteiger partial charge in [-0.05, 0) is 18.6 Å². The molecule has 1 saturated heterocycles. The molecule has 6 heteroatoms. The quantitative estimate of drug-likeness (QED) is 0.912. The van der Waals surface area contributed by atoms with E-state index in [1.54, 1.807) is 6.07 Å². The molecule has 0 aromatic carbocycles. The number of amides is 1. The summed E-state index contributed by atoms with van der Waals surface area (Å²) in [6, 6.07) is 2.90. The zero-order valence-corrected chi connectivity index (χ0v) is 11.8. The summed E-state index contributed by atoms with van der Waals surface area (Å²) in [5, 5.41) is 9.20. The highest BCUT2D eigenvalue weighted by molar-refractivity contribution is 7.14. The van der Waals surface area contributed by atoms with Gasteiger partial charge in [0.05, 0.1) is 11.0 Å². The summed E-state index contributed by atoms with van der Waals surface area (Å²) in [5.74, 6) is -1.18. The van der Waals surface area contributed by atoms with Crippen LogP contribution in [0.15, 0.2) is 12.1 Å². The molecule has 1 aromatic rings. The smallest absolute Gasteiger partial charge is 0.326 e. The minimum atomic E-state index is -0.972. The second-order valence-electron chi connectivity index (χ2n) is 4.52. The van der Waals surface area contributed by atoms with Crippen LogP contribution in [-0.4, -0.2) is 47.7 Å². The Morgan fingerprint density at radius 1 is 1.53 bits per heavy atom. The Hall–Kier alpha value is -1.40. The number of carboxylic acids is 1. The van der Waals surface area contributed by atoms with Gasteiger partial charge in [-0.3, -0.25) is 4.79 Å². The van der Waals surface area contributed by atoms with E-state index in [0.29, 0.717) is 17.8 Å². The highest BCUT2D eigenvalue weighted by Crippen LogP contribution is 2.25. The third-order valence-electron chi connectivity index (χ3n) is 3.36. The van der Waals surface area contributed by atoms with Crippen LogP contribution in [0, 0.1) is 0 Å². The molecule has 0 spiro atoms. The van der Waals surface area contributed by atoms with Crippen LogP contribution in [0.3, 0.4) is 0 Å². The Labute approximate surface area is 115 Å². The number of hydrogen-bond acceptors (Lipinski definition) is 4. The third kappa shape index (κ3) is 2.79. The van der Waals surface area contributed by atoms with E-state index in [0.717, 1.165) is 11.3 Å². The molecular weight excluding hydrogens is 266 g/mol. The number of methoxy groups -OCH3 is 1. The molecule has 5 nitrogen and oxygen atoms in total. The number of aryl methyl sites for hydroxylation is 1. The molecule has 0 bridgehead atoms. The van der Waals surface area contributed by atoms with Gasteiger partial charge in [-0.15, -0.1) is 11.3 Å². The lowest BCUT2D eigenvalue weighted by molar-refractivity contribution is -0.141. The van der Waals surface area contributed by atoms with Gasteiger partial charge in [-0.25, -0.2) is 4.79 Å². The topological polar surface area (TPSA) is 66.8 Å². The van der Waals surface area contributed by atoms with Crippen molar-refractivity contribution in [3.63, 3.8) is 0 Å². The van der Waals surface area contributed by atoms with Gasteiger partial charge in [0.25, 0.3) is 5.91 Å². The van der Waals surface area contributed by atoms with E-state index in [9.17, 15) is 14.7 Å². The van der Waals surface area contributed by atoms with Gasteiger partial charge >= 0.3 is 5.97 Å². The van der Waals surface area contributed by atoms with Crippen LogP contribution < -0.4 is 0 Å². The summed E-state index contributed by atoms with van der Waals surface area (Å²) in [6.45, 7) is 2.36. The fourth-order valence-corrected chi connectivity index (χ4v) is 3.15. The maximum Gasteiger partial charge on any atom is 0.326 e. The molecule has 1 fully saturated rings. The zero-order valence-electron chi connectivity index (χ0n) is 11.0. The molecule has 1 amide bonds. The van der Waals surface area contributed by atoms with Crippen LogP contribution in [0.4, 0.5) is 0 Å². The van der Waals surface area contributed by atoms with Crippen molar-refractivity contribution in [2.75, 3.05) is 13.7 Å². The fraction of sp³-hybridized carbons (Fsp3) is 0.538. The minimum absolute atomic E-state index is 0.198. The molecule has 0 saturated carbocycles. The van der Waals surface area contributed by atoms with E-state index in [-0.39, 0.29) is 12.0 Å². The van der Waals surface area contributed by atoms with Crippen LogP contribution in [0.25, 0.3) is 0 Å². The van der Waals surface area contributed by atoms with E-state index in [1.165, 1.54) is 23.3 Å². The van der Waals surface area contributed by atoms with E-state index in [2.05, 4.69) is 0 Å². The van der Waals surface area contributed by atoms with Gasteiger partial charge in [0.2, 0.25) is 0 Å². The summed E-state index contributed by atoms with van der Waals surface area (Å²) in [7, 11) is 1.54. The van der Waals surface area contributed by atoms with Crippen LogP contribution in [0.5, 0.6) is 0 Å². The Kier molecular flexibility index (Phi) is 4.21. The second kappa shape index (κ2) is 5.71. The van der Waals surface area contributed by atoms with Crippen molar-refractivity contribution in [2.24, 2.45) is 0 Å². The number of carbonyl (C=O) groups is 2. The van der Waals surface area contributed by atoms with Crippen molar-refractivity contribution in [1.82, 2.24) is 4.90 Å². The lowest BCUT2D eigenvalue weighted by atomic mass is 10.2. The SMILES string of the molecule is CCc1ccc(C(=O)N2CC(OC)CC2C(=O)O)s1. The molecular formula is C13H17NO4S.